The fourth-order valence-corrected chi connectivity index (χ4v) is 2.59. The van der Waals surface area contributed by atoms with Gasteiger partial charge in [0.25, 0.3) is 5.89 Å². The second-order valence-electron chi connectivity index (χ2n) is 6.92. The lowest BCUT2D eigenvalue weighted by molar-refractivity contribution is 0.402. The van der Waals surface area contributed by atoms with E-state index in [-0.39, 0.29) is 11.5 Å². The number of pyridine rings is 1. The van der Waals surface area contributed by atoms with E-state index in [9.17, 15) is 0 Å². The third kappa shape index (κ3) is 3.11. The van der Waals surface area contributed by atoms with Crippen LogP contribution in [-0.4, -0.2) is 34.3 Å². The highest BCUT2D eigenvalue weighted by molar-refractivity contribution is 5.58. The van der Waals surface area contributed by atoms with E-state index >= 15 is 0 Å². The molecule has 3 rings (SSSR count). The normalized spacial score (nSPS) is 19.5. The lowest BCUT2D eigenvalue weighted by atomic mass is 9.96. The van der Waals surface area contributed by atoms with Crippen LogP contribution in [0.15, 0.2) is 22.9 Å². The van der Waals surface area contributed by atoms with E-state index in [2.05, 4.69) is 40.8 Å². The first kappa shape index (κ1) is 15.0. The number of aromatic nitrogens is 3. The van der Waals surface area contributed by atoms with Gasteiger partial charge in [-0.3, -0.25) is 0 Å². The molecule has 22 heavy (non-hydrogen) atoms. The van der Waals surface area contributed by atoms with Crippen LogP contribution in [0.4, 0.5) is 5.82 Å². The summed E-state index contributed by atoms with van der Waals surface area (Å²) >= 11 is 0. The Labute approximate surface area is 130 Å². The first-order valence-corrected chi connectivity index (χ1v) is 7.74. The topological polar surface area (TPSA) is 81.1 Å². The Balaban J connectivity index is 1.86. The van der Waals surface area contributed by atoms with Gasteiger partial charge in [-0.2, -0.15) is 4.98 Å². The van der Waals surface area contributed by atoms with E-state index in [0.717, 1.165) is 37.3 Å². The highest BCUT2D eigenvalue weighted by Gasteiger charge is 2.22. The molecule has 1 atom stereocenters. The van der Waals surface area contributed by atoms with Crippen molar-refractivity contribution >= 4 is 5.82 Å². The molecule has 2 aromatic rings. The van der Waals surface area contributed by atoms with Gasteiger partial charge in [0.15, 0.2) is 5.82 Å². The highest BCUT2D eigenvalue weighted by Crippen LogP contribution is 2.26. The molecule has 1 aliphatic heterocycles. The summed E-state index contributed by atoms with van der Waals surface area (Å²) in [4.78, 5) is 11.2. The molecular formula is C16H23N5O. The van der Waals surface area contributed by atoms with Crippen molar-refractivity contribution in [3.8, 4) is 11.5 Å². The number of anilines is 1. The Morgan fingerprint density at radius 3 is 2.86 bits per heavy atom. The van der Waals surface area contributed by atoms with Crippen LogP contribution in [0.2, 0.25) is 0 Å². The quantitative estimate of drug-likeness (QED) is 0.917. The SMILES string of the molecule is CC(C)(C)c1noc(-c2ccnc(N3CCCC(N)C3)c2)n1. The lowest BCUT2D eigenvalue weighted by Gasteiger charge is -2.31. The van der Waals surface area contributed by atoms with Crippen LogP contribution in [0.25, 0.3) is 11.5 Å². The average molecular weight is 301 g/mol. The highest BCUT2D eigenvalue weighted by atomic mass is 16.5. The number of rotatable bonds is 2. The van der Waals surface area contributed by atoms with E-state index < -0.39 is 0 Å². The van der Waals surface area contributed by atoms with Gasteiger partial charge >= 0.3 is 0 Å². The van der Waals surface area contributed by atoms with Gasteiger partial charge in [-0.05, 0) is 25.0 Å². The predicted molar refractivity (Wildman–Crippen MR) is 85.7 cm³/mol. The molecule has 3 heterocycles. The van der Waals surface area contributed by atoms with Gasteiger partial charge in [0, 0.05) is 36.3 Å². The molecule has 6 heteroatoms. The Hall–Kier alpha value is -1.95. The third-order valence-electron chi connectivity index (χ3n) is 3.87. The largest absolute Gasteiger partial charge is 0.355 e. The van der Waals surface area contributed by atoms with Crippen molar-refractivity contribution < 1.29 is 4.52 Å². The number of nitrogens with two attached hydrogens (primary N) is 1. The van der Waals surface area contributed by atoms with E-state index in [4.69, 9.17) is 10.3 Å². The molecule has 1 saturated heterocycles. The average Bonchev–Trinajstić information content (AvgIpc) is 2.97. The number of hydrogen-bond acceptors (Lipinski definition) is 6. The molecule has 0 amide bonds. The maximum absolute atomic E-state index is 6.05. The summed E-state index contributed by atoms with van der Waals surface area (Å²) in [5, 5.41) is 4.08. The smallest absolute Gasteiger partial charge is 0.258 e. The number of hydrogen-bond donors (Lipinski definition) is 1. The molecule has 0 spiro atoms. The predicted octanol–water partition coefficient (Wildman–Crippen LogP) is 2.36. The van der Waals surface area contributed by atoms with Gasteiger partial charge in [-0.15, -0.1) is 0 Å². The van der Waals surface area contributed by atoms with Crippen molar-refractivity contribution in [3.63, 3.8) is 0 Å². The fourth-order valence-electron chi connectivity index (χ4n) is 2.59. The van der Waals surface area contributed by atoms with Gasteiger partial charge in [0.05, 0.1) is 0 Å². The van der Waals surface area contributed by atoms with Crippen molar-refractivity contribution in [1.29, 1.82) is 0 Å². The Bertz CT molecular complexity index is 646. The molecule has 0 aromatic carbocycles. The molecule has 1 aliphatic rings. The maximum atomic E-state index is 6.05. The second kappa shape index (κ2) is 5.68. The monoisotopic (exact) mass is 301 g/mol. The van der Waals surface area contributed by atoms with Crippen LogP contribution in [0.5, 0.6) is 0 Å². The Morgan fingerprint density at radius 1 is 1.36 bits per heavy atom. The first-order chi connectivity index (χ1) is 10.4. The fraction of sp³-hybridized carbons (Fsp3) is 0.562. The minimum Gasteiger partial charge on any atom is -0.355 e. The molecule has 1 unspecified atom stereocenters. The van der Waals surface area contributed by atoms with Gasteiger partial charge in [0.1, 0.15) is 5.82 Å². The minimum atomic E-state index is -0.128. The lowest BCUT2D eigenvalue weighted by Crippen LogP contribution is -2.43. The van der Waals surface area contributed by atoms with Crippen LogP contribution in [0, 0.1) is 0 Å². The molecule has 0 radical (unpaired) electrons. The van der Waals surface area contributed by atoms with E-state index in [1.165, 1.54) is 0 Å². The Morgan fingerprint density at radius 2 is 2.18 bits per heavy atom. The Kier molecular flexibility index (Phi) is 3.87. The second-order valence-corrected chi connectivity index (χ2v) is 6.92. The third-order valence-corrected chi connectivity index (χ3v) is 3.87. The van der Waals surface area contributed by atoms with Crippen molar-refractivity contribution in [2.75, 3.05) is 18.0 Å². The van der Waals surface area contributed by atoms with Crippen LogP contribution >= 0.6 is 0 Å². The zero-order valence-electron chi connectivity index (χ0n) is 13.4. The molecular weight excluding hydrogens is 278 g/mol. The van der Waals surface area contributed by atoms with Crippen LogP contribution in [0.3, 0.4) is 0 Å². The molecule has 2 N–H and O–H groups in total. The van der Waals surface area contributed by atoms with Crippen LogP contribution < -0.4 is 10.6 Å². The van der Waals surface area contributed by atoms with Gasteiger partial charge in [-0.25, -0.2) is 4.98 Å². The molecule has 0 saturated carbocycles. The molecule has 118 valence electrons. The molecule has 2 aromatic heterocycles. The summed E-state index contributed by atoms with van der Waals surface area (Å²) in [6, 6.07) is 4.11. The summed E-state index contributed by atoms with van der Waals surface area (Å²) in [6.45, 7) is 8.02. The molecule has 1 fully saturated rings. The van der Waals surface area contributed by atoms with Crippen molar-refractivity contribution in [3.05, 3.63) is 24.2 Å². The maximum Gasteiger partial charge on any atom is 0.258 e. The van der Waals surface area contributed by atoms with Crippen molar-refractivity contribution in [2.45, 2.75) is 45.1 Å². The summed E-state index contributed by atoms with van der Waals surface area (Å²) in [6.07, 6.45) is 3.96. The van der Waals surface area contributed by atoms with E-state index in [1.807, 2.05) is 12.1 Å². The minimum absolute atomic E-state index is 0.128. The number of piperidine rings is 1. The van der Waals surface area contributed by atoms with Gasteiger partial charge in [0.2, 0.25) is 0 Å². The van der Waals surface area contributed by atoms with Crippen LogP contribution in [0.1, 0.15) is 39.4 Å². The van der Waals surface area contributed by atoms with Crippen molar-refractivity contribution in [2.24, 2.45) is 5.73 Å². The van der Waals surface area contributed by atoms with Gasteiger partial charge < -0.3 is 15.2 Å². The molecule has 0 bridgehead atoms. The summed E-state index contributed by atoms with van der Waals surface area (Å²) < 4.78 is 5.41. The number of nitrogens with zero attached hydrogens (tertiary/aromatic N) is 4. The van der Waals surface area contributed by atoms with Crippen molar-refractivity contribution in [1.82, 2.24) is 15.1 Å². The van der Waals surface area contributed by atoms with Crippen LogP contribution in [-0.2, 0) is 5.41 Å². The first-order valence-electron chi connectivity index (χ1n) is 7.74. The summed E-state index contributed by atoms with van der Waals surface area (Å²) in [5.74, 6) is 2.17. The molecule has 6 nitrogen and oxygen atoms in total. The molecule has 0 aliphatic carbocycles. The standard InChI is InChI=1S/C16H23N5O/c1-16(2,3)15-19-14(22-20-15)11-6-7-18-13(9-11)21-8-4-5-12(17)10-21/h6-7,9,12H,4-5,8,10,17H2,1-3H3. The zero-order chi connectivity index (χ0) is 15.7. The summed E-state index contributed by atoms with van der Waals surface area (Å²) in [5.41, 5.74) is 6.82. The van der Waals surface area contributed by atoms with E-state index in [0.29, 0.717) is 11.7 Å². The van der Waals surface area contributed by atoms with Gasteiger partial charge in [-0.1, -0.05) is 25.9 Å². The zero-order valence-corrected chi connectivity index (χ0v) is 13.4. The van der Waals surface area contributed by atoms with E-state index in [1.54, 1.807) is 6.20 Å². The summed E-state index contributed by atoms with van der Waals surface area (Å²) in [7, 11) is 0.